The molecule has 1 heterocycles. The van der Waals surface area contributed by atoms with Crippen molar-refractivity contribution in [1.82, 2.24) is 0 Å². The molecule has 5 nitrogen and oxygen atoms in total. The summed E-state index contributed by atoms with van der Waals surface area (Å²) in [5.41, 5.74) is 6.99. The molecule has 1 fully saturated rings. The average Bonchev–Trinajstić information content (AvgIpc) is 2.32. The van der Waals surface area contributed by atoms with Crippen LogP contribution in [0.5, 0.6) is 0 Å². The van der Waals surface area contributed by atoms with Crippen LogP contribution in [0.25, 0.3) is 0 Å². The topological polar surface area (TPSA) is 89.4 Å². The molecule has 1 aliphatic rings. The van der Waals surface area contributed by atoms with Crippen LogP contribution < -0.4 is 15.8 Å². The molecule has 0 radical (unpaired) electrons. The van der Waals surface area contributed by atoms with Crippen molar-refractivity contribution in [2.24, 2.45) is 16.8 Å². The molecule has 0 spiro atoms. The molecule has 0 aromatic heterocycles. The van der Waals surface area contributed by atoms with Gasteiger partial charge in [0.15, 0.2) is 0 Å². The minimum Gasteiger partial charge on any atom is -0.371 e. The molecule has 1 aliphatic heterocycles. The van der Waals surface area contributed by atoms with Gasteiger partial charge < -0.3 is 10.6 Å². The minimum atomic E-state index is -3.61. The summed E-state index contributed by atoms with van der Waals surface area (Å²) in [4.78, 5) is 2.37. The number of piperidine rings is 1. The second-order valence-electron chi connectivity index (χ2n) is 4.91. The van der Waals surface area contributed by atoms with Crippen molar-refractivity contribution >= 4 is 15.7 Å². The first kappa shape index (κ1) is 13.3. The zero-order valence-corrected chi connectivity index (χ0v) is 11.2. The Morgan fingerprint density at radius 2 is 1.89 bits per heavy atom. The van der Waals surface area contributed by atoms with E-state index in [1.54, 1.807) is 24.3 Å². The fraction of sp³-hybridized carbons (Fsp3) is 0.500. The van der Waals surface area contributed by atoms with Crippen molar-refractivity contribution < 1.29 is 8.42 Å². The van der Waals surface area contributed by atoms with E-state index in [0.29, 0.717) is 5.92 Å². The Labute approximate surface area is 108 Å². The smallest absolute Gasteiger partial charge is 0.238 e. The minimum absolute atomic E-state index is 0.146. The Balaban J connectivity index is 2.16. The number of anilines is 1. The van der Waals surface area contributed by atoms with Crippen LogP contribution in [-0.4, -0.2) is 27.5 Å². The first-order valence-corrected chi connectivity index (χ1v) is 7.56. The summed E-state index contributed by atoms with van der Waals surface area (Å²) in [5, 5.41) is 5.07. The van der Waals surface area contributed by atoms with E-state index in [4.69, 9.17) is 10.9 Å². The Kier molecular flexibility index (Phi) is 3.61. The number of primary sulfonamides is 1. The highest BCUT2D eigenvalue weighted by Crippen LogP contribution is 2.23. The summed E-state index contributed by atoms with van der Waals surface area (Å²) in [6.07, 6.45) is 0.956. The maximum atomic E-state index is 11.2. The summed E-state index contributed by atoms with van der Waals surface area (Å²) >= 11 is 0. The summed E-state index contributed by atoms with van der Waals surface area (Å²) in [6.45, 7) is 3.94. The van der Waals surface area contributed by atoms with Crippen LogP contribution in [0.15, 0.2) is 29.2 Å². The molecular formula is C12H19N3O2S. The highest BCUT2D eigenvalue weighted by Gasteiger charge is 2.23. The molecule has 6 heteroatoms. The lowest BCUT2D eigenvalue weighted by atomic mass is 9.94. The molecular weight excluding hydrogens is 250 g/mol. The Morgan fingerprint density at radius 3 is 2.39 bits per heavy atom. The molecule has 100 valence electrons. The zero-order valence-electron chi connectivity index (χ0n) is 10.4. The summed E-state index contributed by atoms with van der Waals surface area (Å²) in [5.74, 6) is 0.441. The lowest BCUT2D eigenvalue weighted by Crippen LogP contribution is -2.45. The first-order chi connectivity index (χ1) is 8.38. The van der Waals surface area contributed by atoms with Crippen LogP contribution >= 0.6 is 0 Å². The number of nitrogens with zero attached hydrogens (tertiary/aromatic N) is 1. The first-order valence-electron chi connectivity index (χ1n) is 6.01. The van der Waals surface area contributed by atoms with E-state index in [1.807, 2.05) is 0 Å². The van der Waals surface area contributed by atoms with E-state index in [2.05, 4.69) is 11.8 Å². The SMILES string of the molecule is CC1CN(c2ccc(S(N)(=O)=O)cc2)CCC1N. The third kappa shape index (κ3) is 2.82. The standard InChI is InChI=1S/C12H19N3O2S/c1-9-8-15(7-6-12(9)13)10-2-4-11(5-3-10)18(14,16)17/h2-5,9,12H,6-8,13H2,1H3,(H2,14,16,17). The Bertz CT molecular complexity index is 513. The molecule has 0 aliphatic carbocycles. The van der Waals surface area contributed by atoms with Crippen molar-refractivity contribution in [2.75, 3.05) is 18.0 Å². The number of sulfonamides is 1. The average molecular weight is 269 g/mol. The van der Waals surface area contributed by atoms with Crippen LogP contribution in [0.3, 0.4) is 0 Å². The van der Waals surface area contributed by atoms with Crippen molar-refractivity contribution in [2.45, 2.75) is 24.3 Å². The van der Waals surface area contributed by atoms with Gasteiger partial charge in [-0.05, 0) is 36.6 Å². The molecule has 0 bridgehead atoms. The number of hydrogen-bond acceptors (Lipinski definition) is 4. The van der Waals surface area contributed by atoms with Gasteiger partial charge in [0.2, 0.25) is 10.0 Å². The predicted octanol–water partition coefficient (Wildman–Crippen LogP) is 0.507. The molecule has 0 amide bonds. The number of nitrogens with two attached hydrogens (primary N) is 2. The summed E-state index contributed by atoms with van der Waals surface area (Å²) in [7, 11) is -3.61. The van der Waals surface area contributed by atoms with Gasteiger partial charge in [-0.25, -0.2) is 13.6 Å². The lowest BCUT2D eigenvalue weighted by molar-refractivity contribution is 0.383. The van der Waals surface area contributed by atoms with Gasteiger partial charge in [-0.1, -0.05) is 6.92 Å². The van der Waals surface area contributed by atoms with Gasteiger partial charge in [-0.2, -0.15) is 0 Å². The van der Waals surface area contributed by atoms with E-state index in [-0.39, 0.29) is 10.9 Å². The van der Waals surface area contributed by atoms with E-state index in [9.17, 15) is 8.42 Å². The van der Waals surface area contributed by atoms with Gasteiger partial charge in [0.1, 0.15) is 0 Å². The monoisotopic (exact) mass is 269 g/mol. The largest absolute Gasteiger partial charge is 0.371 e. The van der Waals surface area contributed by atoms with Crippen molar-refractivity contribution in [3.63, 3.8) is 0 Å². The number of rotatable bonds is 2. The second kappa shape index (κ2) is 4.87. The second-order valence-corrected chi connectivity index (χ2v) is 6.48. The third-order valence-electron chi connectivity index (χ3n) is 3.50. The van der Waals surface area contributed by atoms with E-state index in [1.165, 1.54) is 0 Å². The van der Waals surface area contributed by atoms with Crippen molar-refractivity contribution in [3.05, 3.63) is 24.3 Å². The van der Waals surface area contributed by atoms with Crippen LogP contribution in [0.1, 0.15) is 13.3 Å². The van der Waals surface area contributed by atoms with Gasteiger partial charge in [-0.3, -0.25) is 0 Å². The third-order valence-corrected chi connectivity index (χ3v) is 4.43. The molecule has 18 heavy (non-hydrogen) atoms. The Morgan fingerprint density at radius 1 is 1.28 bits per heavy atom. The molecule has 2 unspecified atom stereocenters. The fourth-order valence-electron chi connectivity index (χ4n) is 2.24. The van der Waals surface area contributed by atoms with Crippen LogP contribution in [0.4, 0.5) is 5.69 Å². The number of benzene rings is 1. The normalized spacial score (nSPS) is 25.2. The van der Waals surface area contributed by atoms with Crippen molar-refractivity contribution in [3.8, 4) is 0 Å². The molecule has 0 saturated carbocycles. The highest BCUT2D eigenvalue weighted by atomic mass is 32.2. The van der Waals surface area contributed by atoms with Gasteiger partial charge in [0, 0.05) is 24.8 Å². The van der Waals surface area contributed by atoms with E-state index >= 15 is 0 Å². The highest BCUT2D eigenvalue weighted by molar-refractivity contribution is 7.89. The zero-order chi connectivity index (χ0) is 13.3. The van der Waals surface area contributed by atoms with Gasteiger partial charge in [0.05, 0.1) is 4.90 Å². The Hall–Kier alpha value is -1.11. The van der Waals surface area contributed by atoms with Crippen molar-refractivity contribution in [1.29, 1.82) is 0 Å². The predicted molar refractivity (Wildman–Crippen MR) is 71.8 cm³/mol. The molecule has 1 saturated heterocycles. The fourth-order valence-corrected chi connectivity index (χ4v) is 2.76. The van der Waals surface area contributed by atoms with E-state index < -0.39 is 10.0 Å². The lowest BCUT2D eigenvalue weighted by Gasteiger charge is -2.36. The maximum absolute atomic E-state index is 11.2. The molecule has 2 atom stereocenters. The molecule has 1 aromatic carbocycles. The van der Waals surface area contributed by atoms with Crippen LogP contribution in [-0.2, 0) is 10.0 Å². The van der Waals surface area contributed by atoms with Gasteiger partial charge in [-0.15, -0.1) is 0 Å². The van der Waals surface area contributed by atoms with Crippen LogP contribution in [0, 0.1) is 5.92 Å². The number of hydrogen-bond donors (Lipinski definition) is 2. The van der Waals surface area contributed by atoms with Gasteiger partial charge >= 0.3 is 0 Å². The molecule has 2 rings (SSSR count). The summed E-state index contributed by atoms with van der Waals surface area (Å²) < 4.78 is 22.3. The maximum Gasteiger partial charge on any atom is 0.238 e. The molecule has 4 N–H and O–H groups in total. The van der Waals surface area contributed by atoms with E-state index in [0.717, 1.165) is 25.2 Å². The van der Waals surface area contributed by atoms with Gasteiger partial charge in [0.25, 0.3) is 0 Å². The summed E-state index contributed by atoms with van der Waals surface area (Å²) in [6, 6.07) is 6.94. The van der Waals surface area contributed by atoms with Crippen LogP contribution in [0.2, 0.25) is 0 Å². The molecule has 1 aromatic rings. The quantitative estimate of drug-likeness (QED) is 0.818.